The Morgan fingerprint density at radius 2 is 0.514 bits per heavy atom. The van der Waals surface area contributed by atoms with Gasteiger partial charge in [0.15, 0.2) is 0 Å². The van der Waals surface area contributed by atoms with Crippen LogP contribution in [0.2, 0.25) is 0 Å². The molecule has 0 aromatic carbocycles. The first-order chi connectivity index (χ1) is 36.3. The van der Waals surface area contributed by atoms with Gasteiger partial charge in [0.25, 0.3) is 0 Å². The highest BCUT2D eigenvalue weighted by Crippen LogP contribution is 2.46. The minimum atomic E-state index is -0.904. The summed E-state index contributed by atoms with van der Waals surface area (Å²) >= 11 is 1.89. The molecule has 446 valence electrons. The highest BCUT2D eigenvalue weighted by atomic mass is 32.2. The second-order valence-corrected chi connectivity index (χ2v) is 26.5. The number of hydrogen-bond acceptors (Lipinski definition) is 5. The van der Waals surface area contributed by atoms with Crippen LogP contribution in [0.5, 0.6) is 0 Å². The number of rotatable bonds is 64. The lowest BCUT2D eigenvalue weighted by molar-refractivity contribution is -0.0122. The van der Waals surface area contributed by atoms with E-state index < -0.39 is 23.1 Å². The Labute approximate surface area is 471 Å². The van der Waals surface area contributed by atoms with E-state index in [2.05, 4.69) is 27.7 Å². The van der Waals surface area contributed by atoms with Gasteiger partial charge in [0.2, 0.25) is 0 Å². The van der Waals surface area contributed by atoms with Crippen molar-refractivity contribution in [2.24, 2.45) is 0 Å². The molecule has 0 saturated carbocycles. The molecule has 0 aromatic rings. The fourth-order valence-corrected chi connectivity index (χ4v) is 14.2. The first-order valence-electron chi connectivity index (χ1n) is 34.7. The summed E-state index contributed by atoms with van der Waals surface area (Å²) in [7, 11) is 0. The maximum Gasteiger partial charge on any atom is 0.0943 e. The first kappa shape index (κ1) is 74.2. The number of hydrogen-bond donors (Lipinski definition) is 4. The van der Waals surface area contributed by atoms with Gasteiger partial charge in [-0.3, -0.25) is 0 Å². The molecule has 0 saturated heterocycles. The lowest BCUT2D eigenvalue weighted by Crippen LogP contribution is -2.49. The van der Waals surface area contributed by atoms with Gasteiger partial charge in [0.05, 0.1) is 24.4 Å². The molecule has 0 fully saturated rings. The molecular formula is C69H140O4S. The molecule has 4 N–H and O–H groups in total. The monoisotopic (exact) mass is 1070 g/mol. The van der Waals surface area contributed by atoms with E-state index in [0.29, 0.717) is 6.42 Å². The predicted molar refractivity (Wildman–Crippen MR) is 334 cm³/mol. The Bertz CT molecular complexity index is 1040. The predicted octanol–water partition coefficient (Wildman–Crippen LogP) is 23.0. The summed E-state index contributed by atoms with van der Waals surface area (Å²) < 4.78 is -0.627. The lowest BCUT2D eigenvalue weighted by atomic mass is 9.85. The molecule has 4 nitrogen and oxygen atoms in total. The lowest BCUT2D eigenvalue weighted by Gasteiger charge is -2.43. The van der Waals surface area contributed by atoms with Gasteiger partial charge in [-0.15, -0.1) is 11.8 Å². The van der Waals surface area contributed by atoms with Gasteiger partial charge in [-0.2, -0.15) is 0 Å². The molecule has 0 radical (unpaired) electrons. The summed E-state index contributed by atoms with van der Waals surface area (Å²) in [6.45, 7) is 11.0. The van der Waals surface area contributed by atoms with Crippen LogP contribution in [0.4, 0.5) is 0 Å². The molecule has 0 bridgehead atoms. The van der Waals surface area contributed by atoms with Crippen molar-refractivity contribution in [3.8, 4) is 0 Å². The van der Waals surface area contributed by atoms with Crippen molar-refractivity contribution in [2.45, 2.75) is 441 Å². The van der Waals surface area contributed by atoms with Crippen LogP contribution in [0.15, 0.2) is 0 Å². The van der Waals surface area contributed by atoms with E-state index in [1.807, 2.05) is 11.8 Å². The first-order valence-corrected chi connectivity index (χ1v) is 35.5. The zero-order valence-corrected chi connectivity index (χ0v) is 52.4. The molecule has 0 heterocycles. The smallest absolute Gasteiger partial charge is 0.0943 e. The van der Waals surface area contributed by atoms with E-state index in [1.54, 1.807) is 6.92 Å². The summed E-state index contributed by atoms with van der Waals surface area (Å²) in [6.07, 6.45) is 71.2. The topological polar surface area (TPSA) is 80.9 Å². The number of aliphatic hydroxyl groups excluding tert-OH is 4. The Kier molecular flexibility index (Phi) is 59.5. The van der Waals surface area contributed by atoms with Crippen molar-refractivity contribution in [2.75, 3.05) is 0 Å². The van der Waals surface area contributed by atoms with E-state index in [-0.39, 0.29) is 11.4 Å². The van der Waals surface area contributed by atoms with Crippen molar-refractivity contribution in [3.05, 3.63) is 0 Å². The van der Waals surface area contributed by atoms with Crippen LogP contribution in [0.25, 0.3) is 0 Å². The van der Waals surface area contributed by atoms with Crippen molar-refractivity contribution in [1.29, 1.82) is 0 Å². The summed E-state index contributed by atoms with van der Waals surface area (Å²) in [4.78, 5) is 0. The average molecular weight is 1070 g/mol. The van der Waals surface area contributed by atoms with Gasteiger partial charge in [0, 0.05) is 10.00 Å². The summed E-state index contributed by atoms with van der Waals surface area (Å²) in [5.74, 6) is 0. The van der Waals surface area contributed by atoms with Crippen LogP contribution in [0, 0.1) is 0 Å². The Morgan fingerprint density at radius 3 is 0.784 bits per heavy atom. The molecule has 6 atom stereocenters. The minimum absolute atomic E-state index is 0.207. The molecule has 0 aliphatic rings. The third kappa shape index (κ3) is 50.4. The molecule has 0 aromatic heterocycles. The molecule has 0 spiro atoms. The van der Waals surface area contributed by atoms with Crippen LogP contribution in [-0.4, -0.2) is 54.8 Å². The van der Waals surface area contributed by atoms with Crippen LogP contribution >= 0.6 is 11.8 Å². The zero-order chi connectivity index (χ0) is 54.1. The van der Waals surface area contributed by atoms with Gasteiger partial charge >= 0.3 is 0 Å². The van der Waals surface area contributed by atoms with E-state index >= 15 is 0 Å². The maximum atomic E-state index is 12.2. The van der Waals surface area contributed by atoms with Crippen LogP contribution in [0.3, 0.4) is 0 Å². The third-order valence-corrected chi connectivity index (χ3v) is 19.0. The highest BCUT2D eigenvalue weighted by Gasteiger charge is 2.44. The number of unbranched alkanes of at least 4 members (excludes halogenated alkanes) is 48. The molecule has 5 heteroatoms. The Hall–Kier alpha value is 0.190. The van der Waals surface area contributed by atoms with E-state index in [4.69, 9.17) is 0 Å². The Morgan fingerprint density at radius 1 is 0.284 bits per heavy atom. The fraction of sp³-hybridized carbons (Fsp3) is 1.00. The SMILES string of the molecule is CCCCCCCCCCCCCCCCCC(CC(O)CCCCCCCCCCCCC)SC(CCCCCCCCCCCCCCCCC)(CC(O)CCCCCCCCCCCCC)C(O)C(C)O. The highest BCUT2D eigenvalue weighted by molar-refractivity contribution is 8.01. The summed E-state index contributed by atoms with van der Waals surface area (Å²) in [5, 5.41) is 47.3. The molecule has 6 unspecified atom stereocenters. The molecule has 74 heavy (non-hydrogen) atoms. The third-order valence-electron chi connectivity index (χ3n) is 17.1. The van der Waals surface area contributed by atoms with Gasteiger partial charge in [0.1, 0.15) is 0 Å². The second kappa shape index (κ2) is 59.3. The van der Waals surface area contributed by atoms with Crippen LogP contribution in [-0.2, 0) is 0 Å². The molecule has 0 aliphatic heterocycles. The van der Waals surface area contributed by atoms with E-state index in [0.717, 1.165) is 70.6 Å². The zero-order valence-electron chi connectivity index (χ0n) is 51.6. The number of thioether (sulfide) groups is 1. The van der Waals surface area contributed by atoms with Crippen LogP contribution in [0.1, 0.15) is 407 Å². The van der Waals surface area contributed by atoms with Crippen molar-refractivity contribution < 1.29 is 20.4 Å². The standard InChI is InChI=1S/C69H140O4S/c1-6-10-14-18-22-26-30-32-34-36-40-44-48-52-56-60-67(62-65(71)58-54-50-46-42-38-28-24-20-16-12-8-3)74-69(68(73)64(5)70,63-66(72)59-55-51-47-43-39-29-25-21-17-13-9-4)61-57-53-49-45-41-37-35-33-31-27-23-19-15-11-7-2/h64-68,70-73H,6-63H2,1-5H3. The average Bonchev–Trinajstić information content (AvgIpc) is 3.39. The van der Waals surface area contributed by atoms with Crippen molar-refractivity contribution in [3.63, 3.8) is 0 Å². The normalized spacial score (nSPS) is 14.9. The second-order valence-electron chi connectivity index (χ2n) is 24.8. The quantitative estimate of drug-likeness (QED) is 0.0457. The van der Waals surface area contributed by atoms with Gasteiger partial charge < -0.3 is 20.4 Å². The summed E-state index contributed by atoms with van der Waals surface area (Å²) in [6, 6.07) is 0. The van der Waals surface area contributed by atoms with Gasteiger partial charge in [-0.05, 0) is 45.4 Å². The molecule has 0 rings (SSSR count). The van der Waals surface area contributed by atoms with Gasteiger partial charge in [-0.25, -0.2) is 0 Å². The van der Waals surface area contributed by atoms with Crippen molar-refractivity contribution >= 4 is 11.8 Å². The Balaban J connectivity index is 5.67. The van der Waals surface area contributed by atoms with E-state index in [1.165, 1.54) is 295 Å². The van der Waals surface area contributed by atoms with Gasteiger partial charge in [-0.1, -0.05) is 362 Å². The van der Waals surface area contributed by atoms with E-state index in [9.17, 15) is 20.4 Å². The summed E-state index contributed by atoms with van der Waals surface area (Å²) in [5.41, 5.74) is 0. The maximum absolute atomic E-state index is 12.2. The van der Waals surface area contributed by atoms with Crippen molar-refractivity contribution in [1.82, 2.24) is 0 Å². The van der Waals surface area contributed by atoms with Crippen LogP contribution < -0.4 is 0 Å². The largest absolute Gasteiger partial charge is 0.393 e. The number of aliphatic hydroxyl groups is 4. The molecular weight excluding hydrogens is 925 g/mol. The molecule has 0 amide bonds. The fourth-order valence-electron chi connectivity index (χ4n) is 12.1. The molecule has 0 aliphatic carbocycles. The minimum Gasteiger partial charge on any atom is -0.393 e.